The van der Waals surface area contributed by atoms with Crippen LogP contribution in [0.4, 0.5) is 0 Å². The zero-order chi connectivity index (χ0) is 16.3. The Morgan fingerprint density at radius 2 is 1.78 bits per heavy atom. The molecule has 0 aromatic heterocycles. The fraction of sp³-hybridized carbons (Fsp3) is 0.632. The number of hydrogen-bond acceptors (Lipinski definition) is 3. The first-order chi connectivity index (χ1) is 11.3. The fourth-order valence-corrected chi connectivity index (χ4v) is 2.98. The van der Waals surface area contributed by atoms with Gasteiger partial charge in [0, 0.05) is 26.1 Å². The fourth-order valence-electron chi connectivity index (χ4n) is 2.98. The summed E-state index contributed by atoms with van der Waals surface area (Å²) in [7, 11) is 0. The van der Waals surface area contributed by atoms with Crippen molar-refractivity contribution in [2.24, 2.45) is 0 Å². The van der Waals surface area contributed by atoms with E-state index >= 15 is 0 Å². The molecule has 4 heteroatoms. The Hall–Kier alpha value is -1.39. The van der Waals surface area contributed by atoms with Crippen LogP contribution in [0.15, 0.2) is 24.3 Å². The van der Waals surface area contributed by atoms with Gasteiger partial charge in [-0.25, -0.2) is 0 Å². The Kier molecular flexibility index (Phi) is 8.12. The second-order valence-corrected chi connectivity index (χ2v) is 6.35. The quantitative estimate of drug-likeness (QED) is 0.735. The Labute approximate surface area is 140 Å². The van der Waals surface area contributed by atoms with Gasteiger partial charge in [-0.1, -0.05) is 37.6 Å². The third kappa shape index (κ3) is 7.14. The van der Waals surface area contributed by atoms with Gasteiger partial charge in [0.15, 0.2) is 0 Å². The molecule has 0 aliphatic carbocycles. The number of amides is 1. The van der Waals surface area contributed by atoms with Crippen molar-refractivity contribution >= 4 is 5.91 Å². The maximum absolute atomic E-state index is 11.9. The summed E-state index contributed by atoms with van der Waals surface area (Å²) < 4.78 is 0. The number of rotatable bonds is 9. The first-order valence-corrected chi connectivity index (χ1v) is 9.05. The van der Waals surface area contributed by atoms with Crippen LogP contribution in [-0.2, 0) is 17.8 Å². The molecule has 1 fully saturated rings. The molecule has 4 nitrogen and oxygen atoms in total. The van der Waals surface area contributed by atoms with Crippen molar-refractivity contribution in [3.8, 4) is 0 Å². The lowest BCUT2D eigenvalue weighted by Crippen LogP contribution is -2.37. The molecule has 23 heavy (non-hydrogen) atoms. The maximum Gasteiger partial charge on any atom is 0.220 e. The van der Waals surface area contributed by atoms with Crippen molar-refractivity contribution in [3.63, 3.8) is 0 Å². The van der Waals surface area contributed by atoms with Gasteiger partial charge in [-0.2, -0.15) is 0 Å². The van der Waals surface area contributed by atoms with Crippen LogP contribution < -0.4 is 10.6 Å². The summed E-state index contributed by atoms with van der Waals surface area (Å²) in [4.78, 5) is 14.4. The number of nitrogens with one attached hydrogen (secondary N) is 2. The van der Waals surface area contributed by atoms with E-state index in [2.05, 4.69) is 46.7 Å². The van der Waals surface area contributed by atoms with Gasteiger partial charge in [0.1, 0.15) is 0 Å². The average molecular weight is 317 g/mol. The van der Waals surface area contributed by atoms with E-state index in [1.54, 1.807) is 0 Å². The van der Waals surface area contributed by atoms with Gasteiger partial charge in [-0.15, -0.1) is 0 Å². The summed E-state index contributed by atoms with van der Waals surface area (Å²) in [6.45, 7) is 8.15. The smallest absolute Gasteiger partial charge is 0.220 e. The highest BCUT2D eigenvalue weighted by Gasteiger charge is 2.09. The molecule has 0 saturated carbocycles. The van der Waals surface area contributed by atoms with Crippen LogP contribution in [-0.4, -0.2) is 43.5 Å². The molecule has 1 aliphatic rings. The van der Waals surface area contributed by atoms with Crippen LogP contribution in [0.3, 0.4) is 0 Å². The van der Waals surface area contributed by atoms with Gasteiger partial charge >= 0.3 is 0 Å². The van der Waals surface area contributed by atoms with E-state index in [1.165, 1.54) is 43.5 Å². The molecule has 1 heterocycles. The van der Waals surface area contributed by atoms with Crippen LogP contribution in [0, 0.1) is 0 Å². The summed E-state index contributed by atoms with van der Waals surface area (Å²) in [6.07, 6.45) is 5.36. The molecule has 1 aromatic carbocycles. The van der Waals surface area contributed by atoms with Gasteiger partial charge in [-0.05, 0) is 50.0 Å². The van der Waals surface area contributed by atoms with Gasteiger partial charge in [0.2, 0.25) is 5.91 Å². The standard InChI is InChI=1S/C19H31N3O/c1-2-20-16-18-8-6-17(7-9-18)10-11-19(23)21-12-15-22-13-4-3-5-14-22/h6-9,20H,2-5,10-16H2,1H3,(H,21,23). The summed E-state index contributed by atoms with van der Waals surface area (Å²) in [6, 6.07) is 8.56. The van der Waals surface area contributed by atoms with E-state index in [1.807, 2.05) is 0 Å². The SMILES string of the molecule is CCNCc1ccc(CCC(=O)NCCN2CCCCC2)cc1. The number of aryl methyl sites for hydroxylation is 1. The molecule has 0 unspecified atom stereocenters. The molecule has 1 saturated heterocycles. The van der Waals surface area contributed by atoms with Crippen molar-refractivity contribution in [3.05, 3.63) is 35.4 Å². The van der Waals surface area contributed by atoms with Crippen LogP contribution >= 0.6 is 0 Å². The minimum Gasteiger partial charge on any atom is -0.355 e. The Bertz CT molecular complexity index is 452. The molecule has 2 N–H and O–H groups in total. The molecule has 0 radical (unpaired) electrons. The predicted molar refractivity (Wildman–Crippen MR) is 95.4 cm³/mol. The second-order valence-electron chi connectivity index (χ2n) is 6.35. The van der Waals surface area contributed by atoms with Crippen molar-refractivity contribution < 1.29 is 4.79 Å². The maximum atomic E-state index is 11.9. The zero-order valence-electron chi connectivity index (χ0n) is 14.4. The lowest BCUT2D eigenvalue weighted by molar-refractivity contribution is -0.121. The third-order valence-corrected chi connectivity index (χ3v) is 4.44. The van der Waals surface area contributed by atoms with E-state index in [4.69, 9.17) is 0 Å². The van der Waals surface area contributed by atoms with E-state index in [0.29, 0.717) is 6.42 Å². The molecule has 128 valence electrons. The van der Waals surface area contributed by atoms with Crippen molar-refractivity contribution in [1.82, 2.24) is 15.5 Å². The molecule has 1 amide bonds. The highest BCUT2D eigenvalue weighted by Crippen LogP contribution is 2.08. The van der Waals surface area contributed by atoms with E-state index in [-0.39, 0.29) is 5.91 Å². The first kappa shape index (κ1) is 18.0. The lowest BCUT2D eigenvalue weighted by atomic mass is 10.1. The third-order valence-electron chi connectivity index (χ3n) is 4.44. The topological polar surface area (TPSA) is 44.4 Å². The normalized spacial score (nSPS) is 15.5. The number of benzene rings is 1. The minimum absolute atomic E-state index is 0.165. The Balaban J connectivity index is 1.59. The number of likely N-dealkylation sites (tertiary alicyclic amines) is 1. The molecular formula is C19H31N3O. The summed E-state index contributed by atoms with van der Waals surface area (Å²) in [5, 5.41) is 6.37. The van der Waals surface area contributed by atoms with Gasteiger partial charge in [0.25, 0.3) is 0 Å². The van der Waals surface area contributed by atoms with Crippen LogP contribution in [0.5, 0.6) is 0 Å². The van der Waals surface area contributed by atoms with E-state index in [9.17, 15) is 4.79 Å². The lowest BCUT2D eigenvalue weighted by Gasteiger charge is -2.26. The molecule has 1 aliphatic heterocycles. The number of carbonyl (C=O) groups excluding carboxylic acids is 1. The molecule has 0 bridgehead atoms. The number of hydrogen-bond donors (Lipinski definition) is 2. The van der Waals surface area contributed by atoms with Crippen molar-refractivity contribution in [1.29, 1.82) is 0 Å². The number of carbonyl (C=O) groups is 1. The highest BCUT2D eigenvalue weighted by atomic mass is 16.1. The Morgan fingerprint density at radius 3 is 2.48 bits per heavy atom. The molecular weight excluding hydrogens is 286 g/mol. The molecule has 1 aromatic rings. The number of nitrogens with zero attached hydrogens (tertiary/aromatic N) is 1. The average Bonchev–Trinajstić information content (AvgIpc) is 2.60. The summed E-state index contributed by atoms with van der Waals surface area (Å²) in [5.41, 5.74) is 2.53. The van der Waals surface area contributed by atoms with E-state index < -0.39 is 0 Å². The van der Waals surface area contributed by atoms with Gasteiger partial charge < -0.3 is 15.5 Å². The molecule has 0 spiro atoms. The highest BCUT2D eigenvalue weighted by molar-refractivity contribution is 5.76. The summed E-state index contributed by atoms with van der Waals surface area (Å²) in [5.74, 6) is 0.165. The monoisotopic (exact) mass is 317 g/mol. The molecule has 0 atom stereocenters. The first-order valence-electron chi connectivity index (χ1n) is 9.05. The van der Waals surface area contributed by atoms with E-state index in [0.717, 1.165) is 32.6 Å². The van der Waals surface area contributed by atoms with Crippen molar-refractivity contribution in [2.75, 3.05) is 32.7 Å². The van der Waals surface area contributed by atoms with Crippen LogP contribution in [0.25, 0.3) is 0 Å². The van der Waals surface area contributed by atoms with Crippen LogP contribution in [0.2, 0.25) is 0 Å². The Morgan fingerprint density at radius 1 is 1.09 bits per heavy atom. The summed E-state index contributed by atoms with van der Waals surface area (Å²) >= 11 is 0. The van der Waals surface area contributed by atoms with Crippen LogP contribution in [0.1, 0.15) is 43.7 Å². The van der Waals surface area contributed by atoms with Crippen molar-refractivity contribution in [2.45, 2.75) is 45.6 Å². The largest absolute Gasteiger partial charge is 0.355 e. The second kappa shape index (κ2) is 10.4. The molecule has 2 rings (SSSR count). The van der Waals surface area contributed by atoms with Gasteiger partial charge in [-0.3, -0.25) is 4.79 Å². The predicted octanol–water partition coefficient (Wildman–Crippen LogP) is 2.33. The zero-order valence-corrected chi connectivity index (χ0v) is 14.4. The minimum atomic E-state index is 0.165. The van der Waals surface area contributed by atoms with Gasteiger partial charge in [0.05, 0.1) is 0 Å². The number of piperidine rings is 1.